The molecule has 4 rings (SSSR count). The molecule has 0 saturated carbocycles. The minimum Gasteiger partial charge on any atom is -0.493 e. The van der Waals surface area contributed by atoms with E-state index in [9.17, 15) is 8.42 Å². The molecule has 2 fully saturated rings. The molecule has 0 aliphatic carbocycles. The third-order valence-corrected chi connectivity index (χ3v) is 15.1. The van der Waals surface area contributed by atoms with E-state index in [1.165, 1.54) is 0 Å². The van der Waals surface area contributed by atoms with Crippen molar-refractivity contribution < 1.29 is 22.3 Å². The largest absolute Gasteiger partial charge is 0.493 e. The first-order chi connectivity index (χ1) is 17.8. The highest BCUT2D eigenvalue weighted by Gasteiger charge is 2.44. The lowest BCUT2D eigenvalue weighted by atomic mass is 9.83. The van der Waals surface area contributed by atoms with Gasteiger partial charge in [0.15, 0.2) is 19.8 Å². The average molecular weight is 565 g/mol. The van der Waals surface area contributed by atoms with Gasteiger partial charge in [0.2, 0.25) is 10.0 Å². The zero-order chi connectivity index (χ0) is 27.9. The molecule has 0 bridgehead atoms. The SMILES string of the molecule is COc1cc2ncnc(N3CC[C@@H](C(C)CN4CCCS4(=O)=O)[C@H](O[Si](C)(C)C(C)(C)C)C3)c2cc1OC. The molecule has 1 unspecified atom stereocenters. The topological polar surface area (TPSA) is 94.1 Å². The molecular formula is C27H44N4O5SSi. The second-order valence-electron chi connectivity index (χ2n) is 12.2. The Kier molecular flexibility index (Phi) is 8.33. The van der Waals surface area contributed by atoms with E-state index < -0.39 is 18.3 Å². The summed E-state index contributed by atoms with van der Waals surface area (Å²) in [4.78, 5) is 11.5. The van der Waals surface area contributed by atoms with Gasteiger partial charge in [-0.25, -0.2) is 22.7 Å². The van der Waals surface area contributed by atoms with E-state index in [2.05, 4.69) is 50.7 Å². The van der Waals surface area contributed by atoms with Crippen LogP contribution in [0.2, 0.25) is 18.1 Å². The smallest absolute Gasteiger partial charge is 0.214 e. The Morgan fingerprint density at radius 3 is 2.39 bits per heavy atom. The monoisotopic (exact) mass is 564 g/mol. The molecule has 0 amide bonds. The summed E-state index contributed by atoms with van der Waals surface area (Å²) in [6, 6.07) is 3.83. The Morgan fingerprint density at radius 2 is 1.79 bits per heavy atom. The quantitative estimate of drug-likeness (QED) is 0.432. The van der Waals surface area contributed by atoms with E-state index in [1.54, 1.807) is 24.9 Å². The number of ether oxygens (including phenoxy) is 2. The third-order valence-electron chi connectivity index (χ3n) is 8.71. The number of piperidine rings is 1. The van der Waals surface area contributed by atoms with Crippen LogP contribution >= 0.6 is 0 Å². The van der Waals surface area contributed by atoms with Crippen LogP contribution in [0.15, 0.2) is 18.5 Å². The molecule has 2 aromatic rings. The Bertz CT molecular complexity index is 1250. The van der Waals surface area contributed by atoms with Crippen LogP contribution in [0.4, 0.5) is 5.82 Å². The molecule has 9 nitrogen and oxygen atoms in total. The number of hydrogen-bond donors (Lipinski definition) is 0. The zero-order valence-corrected chi connectivity index (χ0v) is 26.0. The van der Waals surface area contributed by atoms with E-state index in [4.69, 9.17) is 18.9 Å². The van der Waals surface area contributed by atoms with E-state index in [0.717, 1.165) is 29.7 Å². The first kappa shape index (κ1) is 29.0. The number of sulfonamides is 1. The maximum atomic E-state index is 12.5. The van der Waals surface area contributed by atoms with Gasteiger partial charge in [0.25, 0.3) is 0 Å². The molecule has 0 radical (unpaired) electrons. The predicted molar refractivity (Wildman–Crippen MR) is 154 cm³/mol. The summed E-state index contributed by atoms with van der Waals surface area (Å²) in [6.45, 7) is 16.2. The van der Waals surface area contributed by atoms with Gasteiger partial charge in [0.1, 0.15) is 12.1 Å². The fourth-order valence-corrected chi connectivity index (χ4v) is 8.41. The lowest BCUT2D eigenvalue weighted by Crippen LogP contribution is -2.54. The van der Waals surface area contributed by atoms with Crippen molar-refractivity contribution in [2.75, 3.05) is 51.1 Å². The van der Waals surface area contributed by atoms with Gasteiger partial charge in [-0.2, -0.15) is 0 Å². The van der Waals surface area contributed by atoms with Gasteiger partial charge in [-0.15, -0.1) is 0 Å². The van der Waals surface area contributed by atoms with Crippen molar-refractivity contribution in [1.29, 1.82) is 0 Å². The summed E-state index contributed by atoms with van der Waals surface area (Å²) in [5, 5.41) is 0.971. The maximum absolute atomic E-state index is 12.5. The van der Waals surface area contributed by atoms with Crippen molar-refractivity contribution >= 4 is 35.1 Å². The standard InChI is InChI=1S/C27H44N4O5SSi/c1-19(16-31-11-9-13-37(31,32)33)20-10-12-30(17-25(20)36-38(7,8)27(2,3)4)26-21-14-23(34-5)24(35-6)15-22(21)28-18-29-26/h14-15,18-20,25H,9-13,16-17H2,1-8H3/t19?,20-,25+/m0/s1. The molecule has 212 valence electrons. The number of hydrogen-bond acceptors (Lipinski definition) is 8. The number of methoxy groups -OCH3 is 2. The molecule has 1 aromatic carbocycles. The molecule has 2 aliphatic rings. The summed E-state index contributed by atoms with van der Waals surface area (Å²) >= 11 is 0. The molecule has 11 heteroatoms. The Labute approximate surface area is 229 Å². The van der Waals surface area contributed by atoms with Gasteiger partial charge >= 0.3 is 0 Å². The first-order valence-corrected chi connectivity index (χ1v) is 18.1. The summed E-state index contributed by atoms with van der Waals surface area (Å²) in [7, 11) is -1.98. The van der Waals surface area contributed by atoms with Crippen molar-refractivity contribution in [3.05, 3.63) is 18.5 Å². The Morgan fingerprint density at radius 1 is 1.11 bits per heavy atom. The van der Waals surface area contributed by atoms with Crippen LogP contribution in [0.3, 0.4) is 0 Å². The normalized spacial score (nSPS) is 23.5. The zero-order valence-electron chi connectivity index (χ0n) is 24.2. The van der Waals surface area contributed by atoms with E-state index in [-0.39, 0.29) is 28.7 Å². The number of benzene rings is 1. The Hall–Kier alpha value is -1.95. The minimum absolute atomic E-state index is 0.0323. The average Bonchev–Trinajstić information content (AvgIpc) is 3.18. The molecule has 2 aliphatic heterocycles. The predicted octanol–water partition coefficient (Wildman–Crippen LogP) is 4.54. The molecule has 2 saturated heterocycles. The van der Waals surface area contributed by atoms with E-state index in [0.29, 0.717) is 37.6 Å². The second-order valence-corrected chi connectivity index (χ2v) is 19.1. The number of aromatic nitrogens is 2. The van der Waals surface area contributed by atoms with Gasteiger partial charge in [-0.1, -0.05) is 27.7 Å². The third kappa shape index (κ3) is 5.80. The molecule has 3 heterocycles. The lowest BCUT2D eigenvalue weighted by Gasteiger charge is -2.47. The van der Waals surface area contributed by atoms with Crippen LogP contribution in [-0.4, -0.2) is 83.3 Å². The highest BCUT2D eigenvalue weighted by atomic mass is 32.2. The molecular weight excluding hydrogens is 520 g/mol. The summed E-state index contributed by atoms with van der Waals surface area (Å²) in [5.41, 5.74) is 0.796. The fourth-order valence-electron chi connectivity index (χ4n) is 5.43. The number of rotatable bonds is 8. The summed E-state index contributed by atoms with van der Waals surface area (Å²) in [6.07, 6.45) is 3.18. The van der Waals surface area contributed by atoms with E-state index in [1.807, 2.05) is 12.1 Å². The van der Waals surface area contributed by atoms with Crippen molar-refractivity contribution in [2.24, 2.45) is 11.8 Å². The molecule has 0 N–H and O–H groups in total. The van der Waals surface area contributed by atoms with Crippen LogP contribution in [0.5, 0.6) is 11.5 Å². The highest BCUT2D eigenvalue weighted by Crippen LogP contribution is 2.42. The maximum Gasteiger partial charge on any atom is 0.214 e. The molecule has 3 atom stereocenters. The van der Waals surface area contributed by atoms with Crippen LogP contribution in [0.1, 0.15) is 40.5 Å². The summed E-state index contributed by atoms with van der Waals surface area (Å²) < 4.78 is 44.9. The van der Waals surface area contributed by atoms with Crippen molar-refractivity contribution in [2.45, 2.75) is 64.8 Å². The molecule has 1 aromatic heterocycles. The fraction of sp³-hybridized carbons (Fsp3) is 0.704. The van der Waals surface area contributed by atoms with Crippen molar-refractivity contribution in [1.82, 2.24) is 14.3 Å². The summed E-state index contributed by atoms with van der Waals surface area (Å²) in [5.74, 6) is 2.82. The van der Waals surface area contributed by atoms with Gasteiger partial charge in [-0.05, 0) is 48.9 Å². The lowest BCUT2D eigenvalue weighted by molar-refractivity contribution is 0.0654. The van der Waals surface area contributed by atoms with E-state index >= 15 is 0 Å². The van der Waals surface area contributed by atoms with Gasteiger partial charge in [0.05, 0.1) is 31.6 Å². The van der Waals surface area contributed by atoms with Crippen LogP contribution in [-0.2, 0) is 14.4 Å². The minimum atomic E-state index is -3.14. The van der Waals surface area contributed by atoms with Crippen LogP contribution in [0, 0.1) is 11.8 Å². The number of anilines is 1. The Balaban J connectivity index is 1.65. The number of fused-ring (bicyclic) bond motifs is 1. The van der Waals surface area contributed by atoms with Gasteiger partial charge in [-0.3, -0.25) is 0 Å². The van der Waals surface area contributed by atoms with Gasteiger partial charge < -0.3 is 18.8 Å². The van der Waals surface area contributed by atoms with Crippen molar-refractivity contribution in [3.8, 4) is 11.5 Å². The first-order valence-electron chi connectivity index (χ1n) is 13.5. The van der Waals surface area contributed by atoms with Crippen LogP contribution in [0.25, 0.3) is 10.9 Å². The van der Waals surface area contributed by atoms with Crippen molar-refractivity contribution in [3.63, 3.8) is 0 Å². The molecule has 38 heavy (non-hydrogen) atoms. The highest BCUT2D eigenvalue weighted by molar-refractivity contribution is 7.89. The molecule has 0 spiro atoms. The second kappa shape index (κ2) is 10.9. The number of nitrogens with zero attached hydrogens (tertiary/aromatic N) is 4. The van der Waals surface area contributed by atoms with Gasteiger partial charge in [0, 0.05) is 37.6 Å². The van der Waals surface area contributed by atoms with Crippen LogP contribution < -0.4 is 14.4 Å².